The Morgan fingerprint density at radius 3 is 2.50 bits per heavy atom. The molecular formula is C10H12Cl2N2O3S. The van der Waals surface area contributed by atoms with Crippen LogP contribution in [0.4, 0.5) is 0 Å². The van der Waals surface area contributed by atoms with Crippen molar-refractivity contribution >= 4 is 39.1 Å². The van der Waals surface area contributed by atoms with Crippen molar-refractivity contribution in [2.24, 2.45) is 0 Å². The molecule has 0 heterocycles. The van der Waals surface area contributed by atoms with Crippen LogP contribution in [0.25, 0.3) is 0 Å². The quantitative estimate of drug-likeness (QED) is 0.860. The first-order valence-corrected chi connectivity index (χ1v) is 7.41. The standard InChI is InChI=1S/C10H12Cl2N2O3S/c1-13-18(16,17)5-4-14-10(15)7-2-3-8(11)9(12)6-7/h2-3,6,13H,4-5H2,1H3,(H,14,15). The van der Waals surface area contributed by atoms with Gasteiger partial charge in [-0.2, -0.15) is 0 Å². The number of rotatable bonds is 5. The maximum Gasteiger partial charge on any atom is 0.251 e. The maximum absolute atomic E-state index is 11.7. The second-order valence-corrected chi connectivity index (χ2v) is 6.27. The molecule has 0 saturated heterocycles. The molecule has 0 fully saturated rings. The van der Waals surface area contributed by atoms with Crippen molar-refractivity contribution in [1.82, 2.24) is 10.0 Å². The fourth-order valence-corrected chi connectivity index (χ4v) is 2.01. The van der Waals surface area contributed by atoms with E-state index in [1.807, 2.05) is 0 Å². The molecule has 8 heteroatoms. The van der Waals surface area contributed by atoms with Gasteiger partial charge in [-0.1, -0.05) is 23.2 Å². The van der Waals surface area contributed by atoms with Crippen LogP contribution >= 0.6 is 23.2 Å². The molecule has 0 spiro atoms. The molecule has 18 heavy (non-hydrogen) atoms. The first-order chi connectivity index (χ1) is 8.35. The Morgan fingerprint density at radius 1 is 1.28 bits per heavy atom. The lowest BCUT2D eigenvalue weighted by molar-refractivity contribution is 0.0956. The minimum absolute atomic E-state index is 0.0161. The number of carbonyl (C=O) groups is 1. The normalized spacial score (nSPS) is 11.3. The summed E-state index contributed by atoms with van der Waals surface area (Å²) in [6.45, 7) is 0.0161. The fourth-order valence-electron chi connectivity index (χ4n) is 1.14. The lowest BCUT2D eigenvalue weighted by atomic mass is 10.2. The fraction of sp³-hybridized carbons (Fsp3) is 0.300. The zero-order valence-corrected chi connectivity index (χ0v) is 11.9. The molecule has 1 rings (SSSR count). The Bertz CT molecular complexity index is 546. The molecule has 0 aromatic heterocycles. The van der Waals surface area contributed by atoms with Gasteiger partial charge < -0.3 is 5.32 Å². The van der Waals surface area contributed by atoms with Crippen LogP contribution in [0.5, 0.6) is 0 Å². The second kappa shape index (κ2) is 6.38. The van der Waals surface area contributed by atoms with Crippen molar-refractivity contribution in [2.45, 2.75) is 0 Å². The largest absolute Gasteiger partial charge is 0.351 e. The summed E-state index contributed by atoms with van der Waals surface area (Å²) < 4.78 is 24.4. The number of hydrogen-bond acceptors (Lipinski definition) is 3. The Hall–Kier alpha value is -0.820. The van der Waals surface area contributed by atoms with E-state index in [1.165, 1.54) is 25.2 Å². The van der Waals surface area contributed by atoms with E-state index in [0.29, 0.717) is 10.6 Å². The van der Waals surface area contributed by atoms with Crippen molar-refractivity contribution in [2.75, 3.05) is 19.3 Å². The van der Waals surface area contributed by atoms with E-state index >= 15 is 0 Å². The smallest absolute Gasteiger partial charge is 0.251 e. The molecule has 100 valence electrons. The summed E-state index contributed by atoms with van der Waals surface area (Å²) >= 11 is 11.5. The third kappa shape index (κ3) is 4.45. The van der Waals surface area contributed by atoms with Crippen molar-refractivity contribution in [3.8, 4) is 0 Å². The van der Waals surface area contributed by atoms with Crippen LogP contribution in [0.2, 0.25) is 10.0 Å². The summed E-state index contributed by atoms with van der Waals surface area (Å²) in [6.07, 6.45) is 0. The molecule has 0 aliphatic heterocycles. The summed E-state index contributed by atoms with van der Waals surface area (Å²) in [4.78, 5) is 11.7. The number of amides is 1. The van der Waals surface area contributed by atoms with Gasteiger partial charge in [0.05, 0.1) is 15.8 Å². The molecule has 0 aliphatic carbocycles. The van der Waals surface area contributed by atoms with Crippen molar-refractivity contribution in [3.63, 3.8) is 0 Å². The molecule has 0 saturated carbocycles. The van der Waals surface area contributed by atoms with Crippen LogP contribution in [0.3, 0.4) is 0 Å². The molecule has 2 N–H and O–H groups in total. The molecular weight excluding hydrogens is 299 g/mol. The van der Waals surface area contributed by atoms with E-state index in [4.69, 9.17) is 23.2 Å². The van der Waals surface area contributed by atoms with Gasteiger partial charge in [0.25, 0.3) is 5.91 Å². The van der Waals surface area contributed by atoms with Gasteiger partial charge in [-0.05, 0) is 25.2 Å². The summed E-state index contributed by atoms with van der Waals surface area (Å²) in [6, 6.07) is 4.44. The van der Waals surface area contributed by atoms with Crippen LogP contribution in [0.15, 0.2) is 18.2 Å². The van der Waals surface area contributed by atoms with E-state index < -0.39 is 15.9 Å². The molecule has 0 atom stereocenters. The Labute approximate surface area is 116 Å². The lowest BCUT2D eigenvalue weighted by Crippen LogP contribution is -2.32. The molecule has 5 nitrogen and oxygen atoms in total. The van der Waals surface area contributed by atoms with E-state index in [2.05, 4.69) is 10.0 Å². The van der Waals surface area contributed by atoms with Crippen molar-refractivity contribution in [1.29, 1.82) is 0 Å². The average Bonchev–Trinajstić information content (AvgIpc) is 2.32. The molecule has 0 aliphatic rings. The van der Waals surface area contributed by atoms with Gasteiger partial charge in [-0.15, -0.1) is 0 Å². The van der Waals surface area contributed by atoms with Crippen molar-refractivity contribution in [3.05, 3.63) is 33.8 Å². The van der Waals surface area contributed by atoms with E-state index in [-0.39, 0.29) is 17.3 Å². The number of sulfonamides is 1. The van der Waals surface area contributed by atoms with E-state index in [9.17, 15) is 13.2 Å². The van der Waals surface area contributed by atoms with Crippen LogP contribution in [0, 0.1) is 0 Å². The summed E-state index contributed by atoms with van der Waals surface area (Å²) in [7, 11) is -2.01. The summed E-state index contributed by atoms with van der Waals surface area (Å²) in [5, 5.41) is 3.10. The van der Waals surface area contributed by atoms with Gasteiger partial charge in [0.1, 0.15) is 0 Å². The highest BCUT2D eigenvalue weighted by molar-refractivity contribution is 7.89. The Balaban J connectivity index is 2.58. The Morgan fingerprint density at radius 2 is 1.94 bits per heavy atom. The monoisotopic (exact) mass is 310 g/mol. The highest BCUT2D eigenvalue weighted by atomic mass is 35.5. The van der Waals surface area contributed by atoms with Crippen LogP contribution in [0.1, 0.15) is 10.4 Å². The van der Waals surface area contributed by atoms with Crippen molar-refractivity contribution < 1.29 is 13.2 Å². The topological polar surface area (TPSA) is 75.3 Å². The number of halogens is 2. The van der Waals surface area contributed by atoms with Crippen LogP contribution in [-0.2, 0) is 10.0 Å². The van der Waals surface area contributed by atoms with Gasteiger partial charge in [0.2, 0.25) is 10.0 Å². The zero-order valence-electron chi connectivity index (χ0n) is 9.54. The molecule has 0 radical (unpaired) electrons. The molecule has 1 amide bonds. The molecule has 0 unspecified atom stereocenters. The Kier molecular flexibility index (Phi) is 5.40. The predicted octanol–water partition coefficient (Wildman–Crippen LogP) is 1.27. The minimum Gasteiger partial charge on any atom is -0.351 e. The maximum atomic E-state index is 11.7. The van der Waals surface area contributed by atoms with Gasteiger partial charge in [-0.25, -0.2) is 13.1 Å². The molecule has 1 aromatic carbocycles. The second-order valence-electron chi connectivity index (χ2n) is 3.41. The molecule has 1 aromatic rings. The third-order valence-corrected chi connectivity index (χ3v) is 4.25. The average molecular weight is 311 g/mol. The highest BCUT2D eigenvalue weighted by Gasteiger charge is 2.10. The van der Waals surface area contributed by atoms with Gasteiger partial charge in [0.15, 0.2) is 0 Å². The van der Waals surface area contributed by atoms with Gasteiger partial charge in [0, 0.05) is 12.1 Å². The third-order valence-electron chi connectivity index (χ3n) is 2.15. The van der Waals surface area contributed by atoms with Gasteiger partial charge in [-0.3, -0.25) is 4.79 Å². The first kappa shape index (κ1) is 15.2. The number of nitrogens with one attached hydrogen (secondary N) is 2. The number of benzene rings is 1. The van der Waals surface area contributed by atoms with E-state index in [0.717, 1.165) is 0 Å². The lowest BCUT2D eigenvalue weighted by Gasteiger charge is -2.06. The van der Waals surface area contributed by atoms with Crippen LogP contribution in [-0.4, -0.2) is 33.7 Å². The zero-order chi connectivity index (χ0) is 13.8. The summed E-state index contributed by atoms with van der Waals surface area (Å²) in [5.74, 6) is -0.587. The number of carbonyl (C=O) groups excluding carboxylic acids is 1. The minimum atomic E-state index is -3.32. The summed E-state index contributed by atoms with van der Waals surface area (Å²) in [5.41, 5.74) is 0.325. The SMILES string of the molecule is CNS(=O)(=O)CCNC(=O)c1ccc(Cl)c(Cl)c1. The predicted molar refractivity (Wildman–Crippen MR) is 71.6 cm³/mol. The van der Waals surface area contributed by atoms with Crippen LogP contribution < -0.4 is 10.0 Å². The first-order valence-electron chi connectivity index (χ1n) is 5.00. The molecule has 0 bridgehead atoms. The number of hydrogen-bond donors (Lipinski definition) is 2. The van der Waals surface area contributed by atoms with E-state index in [1.54, 1.807) is 0 Å². The highest BCUT2D eigenvalue weighted by Crippen LogP contribution is 2.22. The van der Waals surface area contributed by atoms with Gasteiger partial charge >= 0.3 is 0 Å².